The van der Waals surface area contributed by atoms with Crippen molar-refractivity contribution in [2.45, 2.75) is 0 Å². The number of fused-ring (bicyclic) bond motifs is 1. The molecule has 0 spiro atoms. The van der Waals surface area contributed by atoms with Gasteiger partial charge in [-0.05, 0) is 6.07 Å². The number of aromatic nitrogens is 2. The summed E-state index contributed by atoms with van der Waals surface area (Å²) in [4.78, 5) is 7.06. The van der Waals surface area contributed by atoms with Crippen molar-refractivity contribution in [3.05, 3.63) is 18.2 Å². The van der Waals surface area contributed by atoms with Crippen LogP contribution >= 0.6 is 0 Å². The zero-order valence-electron chi connectivity index (χ0n) is 8.82. The van der Waals surface area contributed by atoms with E-state index in [1.807, 2.05) is 0 Å². The SMILES string of the molecule is COc1cc2nc(F)nc(N)c2cc1OC. The van der Waals surface area contributed by atoms with Crippen LogP contribution in [0.15, 0.2) is 12.1 Å². The van der Waals surface area contributed by atoms with Crippen molar-refractivity contribution in [3.63, 3.8) is 0 Å². The molecule has 1 aromatic carbocycles. The minimum absolute atomic E-state index is 0.0726. The molecule has 1 heterocycles. The van der Waals surface area contributed by atoms with E-state index < -0.39 is 6.08 Å². The molecule has 0 saturated carbocycles. The van der Waals surface area contributed by atoms with Crippen LogP contribution in [0.5, 0.6) is 11.5 Å². The number of nitrogens with two attached hydrogens (primary N) is 1. The number of ether oxygens (including phenoxy) is 2. The van der Waals surface area contributed by atoms with Crippen molar-refractivity contribution in [2.75, 3.05) is 20.0 Å². The molecule has 0 unspecified atom stereocenters. The molecular formula is C10H10FN3O2. The highest BCUT2D eigenvalue weighted by atomic mass is 19.1. The van der Waals surface area contributed by atoms with Gasteiger partial charge in [0.2, 0.25) is 0 Å². The fraction of sp³-hybridized carbons (Fsp3) is 0.200. The Morgan fingerprint density at radius 3 is 2.38 bits per heavy atom. The smallest absolute Gasteiger partial charge is 0.311 e. The number of nitrogen functional groups attached to an aromatic ring is 1. The molecule has 0 atom stereocenters. The topological polar surface area (TPSA) is 70.3 Å². The fourth-order valence-electron chi connectivity index (χ4n) is 1.45. The largest absolute Gasteiger partial charge is 0.493 e. The third-order valence-electron chi connectivity index (χ3n) is 2.20. The Morgan fingerprint density at radius 1 is 1.12 bits per heavy atom. The summed E-state index contributed by atoms with van der Waals surface area (Å²) in [5.41, 5.74) is 5.96. The van der Waals surface area contributed by atoms with Crippen LogP contribution in [0.1, 0.15) is 0 Å². The molecule has 16 heavy (non-hydrogen) atoms. The van der Waals surface area contributed by atoms with Gasteiger partial charge < -0.3 is 15.2 Å². The van der Waals surface area contributed by atoms with Crippen LogP contribution < -0.4 is 15.2 Å². The summed E-state index contributed by atoms with van der Waals surface area (Å²) in [6, 6.07) is 3.16. The minimum atomic E-state index is -0.864. The summed E-state index contributed by atoms with van der Waals surface area (Å²) in [6.07, 6.45) is -0.864. The zero-order valence-corrected chi connectivity index (χ0v) is 8.82. The summed E-state index contributed by atoms with van der Waals surface area (Å²) in [5, 5.41) is 0.527. The van der Waals surface area contributed by atoms with E-state index in [9.17, 15) is 4.39 Å². The van der Waals surface area contributed by atoms with Crippen molar-refractivity contribution >= 4 is 16.7 Å². The molecule has 0 amide bonds. The molecule has 0 radical (unpaired) electrons. The Morgan fingerprint density at radius 2 is 1.75 bits per heavy atom. The van der Waals surface area contributed by atoms with Gasteiger partial charge in [-0.3, -0.25) is 0 Å². The predicted octanol–water partition coefficient (Wildman–Crippen LogP) is 1.37. The van der Waals surface area contributed by atoms with Gasteiger partial charge in [-0.2, -0.15) is 9.37 Å². The van der Waals surface area contributed by atoms with E-state index >= 15 is 0 Å². The van der Waals surface area contributed by atoms with Gasteiger partial charge in [0.1, 0.15) is 5.82 Å². The number of nitrogens with zero attached hydrogens (tertiary/aromatic N) is 2. The molecule has 84 valence electrons. The van der Waals surface area contributed by atoms with E-state index in [1.54, 1.807) is 12.1 Å². The average molecular weight is 223 g/mol. The molecule has 0 saturated heterocycles. The van der Waals surface area contributed by atoms with Crippen LogP contribution in [0.2, 0.25) is 0 Å². The number of anilines is 1. The van der Waals surface area contributed by atoms with E-state index in [0.717, 1.165) is 0 Å². The molecule has 0 aliphatic heterocycles. The first-order valence-corrected chi connectivity index (χ1v) is 4.50. The predicted molar refractivity (Wildman–Crippen MR) is 57.0 cm³/mol. The maximum absolute atomic E-state index is 12.9. The number of hydrogen-bond acceptors (Lipinski definition) is 5. The van der Waals surface area contributed by atoms with Crippen LogP contribution in [-0.4, -0.2) is 24.2 Å². The third kappa shape index (κ3) is 1.58. The van der Waals surface area contributed by atoms with Gasteiger partial charge >= 0.3 is 6.08 Å². The van der Waals surface area contributed by atoms with Crippen molar-refractivity contribution in [1.29, 1.82) is 0 Å². The lowest BCUT2D eigenvalue weighted by Gasteiger charge is -2.09. The Hall–Kier alpha value is -2.11. The monoisotopic (exact) mass is 223 g/mol. The maximum Gasteiger partial charge on any atom is 0.311 e. The summed E-state index contributed by atoms with van der Waals surface area (Å²) >= 11 is 0. The molecule has 0 bridgehead atoms. The number of hydrogen-bond donors (Lipinski definition) is 1. The van der Waals surface area contributed by atoms with Crippen LogP contribution in [0.25, 0.3) is 10.9 Å². The highest BCUT2D eigenvalue weighted by Crippen LogP contribution is 2.32. The average Bonchev–Trinajstić information content (AvgIpc) is 2.27. The molecule has 2 aromatic rings. The standard InChI is InChI=1S/C10H10FN3O2/c1-15-7-3-5-6(4-8(7)16-2)13-10(11)14-9(5)12/h3-4H,1-2H3,(H2,12,13,14). The van der Waals surface area contributed by atoms with Crippen molar-refractivity contribution < 1.29 is 13.9 Å². The van der Waals surface area contributed by atoms with E-state index in [1.165, 1.54) is 14.2 Å². The molecule has 1 aromatic heterocycles. The van der Waals surface area contributed by atoms with Gasteiger partial charge in [0.15, 0.2) is 11.5 Å². The van der Waals surface area contributed by atoms with Gasteiger partial charge in [-0.15, -0.1) is 0 Å². The van der Waals surface area contributed by atoms with Gasteiger partial charge in [-0.1, -0.05) is 0 Å². The van der Waals surface area contributed by atoms with Gasteiger partial charge in [-0.25, -0.2) is 4.98 Å². The highest BCUT2D eigenvalue weighted by molar-refractivity contribution is 5.90. The normalized spacial score (nSPS) is 10.4. The second kappa shape index (κ2) is 3.80. The molecule has 2 N–H and O–H groups in total. The Bertz CT molecular complexity index is 545. The van der Waals surface area contributed by atoms with Gasteiger partial charge in [0.25, 0.3) is 0 Å². The summed E-state index contributed by atoms with van der Waals surface area (Å²) < 4.78 is 23.1. The molecule has 2 rings (SSSR count). The maximum atomic E-state index is 12.9. The number of rotatable bonds is 2. The third-order valence-corrected chi connectivity index (χ3v) is 2.20. The fourth-order valence-corrected chi connectivity index (χ4v) is 1.45. The molecule has 5 nitrogen and oxygen atoms in total. The van der Waals surface area contributed by atoms with E-state index in [0.29, 0.717) is 22.4 Å². The van der Waals surface area contributed by atoms with Crippen molar-refractivity contribution in [1.82, 2.24) is 9.97 Å². The summed E-state index contributed by atoms with van der Waals surface area (Å²) in [7, 11) is 2.99. The summed E-state index contributed by atoms with van der Waals surface area (Å²) in [6.45, 7) is 0. The lowest BCUT2D eigenvalue weighted by molar-refractivity contribution is 0.355. The van der Waals surface area contributed by atoms with Crippen LogP contribution in [0, 0.1) is 6.08 Å². The van der Waals surface area contributed by atoms with E-state index in [4.69, 9.17) is 15.2 Å². The second-order valence-electron chi connectivity index (χ2n) is 3.10. The first kappa shape index (κ1) is 10.4. The summed E-state index contributed by atoms with van der Waals surface area (Å²) in [5.74, 6) is 1.04. The number of benzene rings is 1. The molecule has 0 aliphatic carbocycles. The number of methoxy groups -OCH3 is 2. The van der Waals surface area contributed by atoms with Crippen molar-refractivity contribution in [2.24, 2.45) is 0 Å². The first-order valence-electron chi connectivity index (χ1n) is 4.50. The first-order chi connectivity index (χ1) is 7.65. The van der Waals surface area contributed by atoms with Gasteiger partial charge in [0.05, 0.1) is 19.7 Å². The highest BCUT2D eigenvalue weighted by Gasteiger charge is 2.11. The van der Waals surface area contributed by atoms with Crippen molar-refractivity contribution in [3.8, 4) is 11.5 Å². The second-order valence-corrected chi connectivity index (χ2v) is 3.10. The molecule has 6 heteroatoms. The van der Waals surface area contributed by atoms with Crippen LogP contribution in [0.4, 0.5) is 10.2 Å². The zero-order chi connectivity index (χ0) is 11.7. The van der Waals surface area contributed by atoms with E-state index in [2.05, 4.69) is 9.97 Å². The molecular weight excluding hydrogens is 213 g/mol. The lowest BCUT2D eigenvalue weighted by Crippen LogP contribution is -1.99. The molecule has 0 aliphatic rings. The Balaban J connectivity index is 2.78. The Kier molecular flexibility index (Phi) is 2.47. The quantitative estimate of drug-likeness (QED) is 0.778. The Labute approximate surface area is 91.0 Å². The van der Waals surface area contributed by atoms with E-state index in [-0.39, 0.29) is 5.82 Å². The van der Waals surface area contributed by atoms with Crippen LogP contribution in [-0.2, 0) is 0 Å². The molecule has 0 fully saturated rings. The minimum Gasteiger partial charge on any atom is -0.493 e. The van der Waals surface area contributed by atoms with Gasteiger partial charge in [0, 0.05) is 11.5 Å². The van der Waals surface area contributed by atoms with Crippen LogP contribution in [0.3, 0.4) is 0 Å². The number of halogens is 1. The lowest BCUT2D eigenvalue weighted by atomic mass is 10.2.